The van der Waals surface area contributed by atoms with Crippen LogP contribution in [0.4, 0.5) is 5.69 Å². The van der Waals surface area contributed by atoms with Crippen molar-refractivity contribution in [2.75, 3.05) is 6.26 Å². The van der Waals surface area contributed by atoms with Gasteiger partial charge in [0.15, 0.2) is 0 Å². The van der Waals surface area contributed by atoms with Crippen LogP contribution in [-0.4, -0.2) is 17.1 Å². The third kappa shape index (κ3) is 3.91. The molecule has 0 saturated carbocycles. The fourth-order valence-corrected chi connectivity index (χ4v) is 3.34. The minimum Gasteiger partial charge on any atom is -0.457 e. The van der Waals surface area contributed by atoms with Gasteiger partial charge in [0.2, 0.25) is 0 Å². The van der Waals surface area contributed by atoms with Crippen molar-refractivity contribution in [2.45, 2.75) is 25.3 Å². The second-order valence-corrected chi connectivity index (χ2v) is 7.09. The first-order valence-corrected chi connectivity index (χ1v) is 9.56. The van der Waals surface area contributed by atoms with Crippen LogP contribution >= 0.6 is 11.8 Å². The lowest BCUT2D eigenvalue weighted by Gasteiger charge is -2.09. The van der Waals surface area contributed by atoms with Crippen LogP contribution in [0.3, 0.4) is 0 Å². The Bertz CT molecular complexity index is 1150. The molecule has 0 aliphatic rings. The van der Waals surface area contributed by atoms with E-state index in [1.54, 1.807) is 12.3 Å². The highest BCUT2D eigenvalue weighted by Gasteiger charge is 2.18. The Kier molecular flexibility index (Phi) is 5.51. The van der Waals surface area contributed by atoms with Gasteiger partial charge < -0.3 is 9.15 Å². The van der Waals surface area contributed by atoms with Crippen LogP contribution in [-0.2, 0) is 11.3 Å². The number of carbonyl (C=O) groups is 1. The second kappa shape index (κ2) is 7.85. The predicted molar refractivity (Wildman–Crippen MR) is 106 cm³/mol. The quantitative estimate of drug-likeness (QED) is 0.206. The Balaban J connectivity index is 1.89. The summed E-state index contributed by atoms with van der Waals surface area (Å²) < 4.78 is 10.5. The van der Waals surface area contributed by atoms with Crippen LogP contribution in [0.5, 0.6) is 0 Å². The SMILES string of the molecule is CSc1ccc(C(=O)OCc2cc(=O)oc3cc(C)c(C)cc23)cc1[N+](=O)[O-]. The first-order valence-electron chi connectivity index (χ1n) is 8.33. The van der Waals surface area contributed by atoms with Gasteiger partial charge in [-0.2, -0.15) is 0 Å². The molecule has 1 heterocycles. The number of carbonyl (C=O) groups excluding carboxylic acids is 1. The molecule has 3 rings (SSSR count). The fraction of sp³-hybridized carbons (Fsp3) is 0.200. The molecule has 2 aromatic carbocycles. The van der Waals surface area contributed by atoms with Crippen molar-refractivity contribution in [3.8, 4) is 0 Å². The van der Waals surface area contributed by atoms with E-state index in [-0.39, 0.29) is 17.9 Å². The lowest BCUT2D eigenvalue weighted by molar-refractivity contribution is -0.387. The van der Waals surface area contributed by atoms with Gasteiger partial charge in [0.05, 0.1) is 15.4 Å². The van der Waals surface area contributed by atoms with E-state index in [4.69, 9.17) is 9.15 Å². The minimum absolute atomic E-state index is 0.0730. The third-order valence-corrected chi connectivity index (χ3v) is 5.20. The normalized spacial score (nSPS) is 10.8. The number of nitro groups is 1. The lowest BCUT2D eigenvalue weighted by atomic mass is 10.0. The van der Waals surface area contributed by atoms with E-state index in [0.29, 0.717) is 21.4 Å². The molecule has 8 heteroatoms. The van der Waals surface area contributed by atoms with Crippen molar-refractivity contribution >= 4 is 34.4 Å². The summed E-state index contributed by atoms with van der Waals surface area (Å²) in [5.74, 6) is -0.707. The summed E-state index contributed by atoms with van der Waals surface area (Å²) in [6.45, 7) is 3.69. The van der Waals surface area contributed by atoms with Crippen molar-refractivity contribution < 1.29 is 18.9 Å². The molecule has 3 aromatic rings. The minimum atomic E-state index is -0.707. The smallest absolute Gasteiger partial charge is 0.338 e. The molecule has 0 bridgehead atoms. The molecule has 0 fully saturated rings. The Hall–Kier alpha value is -3.13. The standard InChI is InChI=1S/C20H17NO6S/c1-11-6-15-14(9-19(22)27-17(15)7-12(11)2)10-26-20(23)13-4-5-18(28-3)16(8-13)21(24)25/h4-9H,10H2,1-3H3. The number of rotatable bonds is 5. The highest BCUT2D eigenvalue weighted by atomic mass is 32.2. The first-order chi connectivity index (χ1) is 13.3. The van der Waals surface area contributed by atoms with Gasteiger partial charge in [-0.3, -0.25) is 10.1 Å². The molecule has 0 saturated heterocycles. The number of esters is 1. The zero-order valence-corrected chi connectivity index (χ0v) is 16.3. The van der Waals surface area contributed by atoms with Gasteiger partial charge in [0.1, 0.15) is 12.2 Å². The average molecular weight is 399 g/mol. The Morgan fingerprint density at radius 2 is 1.89 bits per heavy atom. The predicted octanol–water partition coefficient (Wildman–Crippen LogP) is 4.40. The Morgan fingerprint density at radius 3 is 2.57 bits per heavy atom. The van der Waals surface area contributed by atoms with Crippen molar-refractivity contribution in [1.29, 1.82) is 0 Å². The number of nitro benzene ring substituents is 1. The number of fused-ring (bicyclic) bond motifs is 1. The molecule has 7 nitrogen and oxygen atoms in total. The van der Waals surface area contributed by atoms with E-state index < -0.39 is 16.5 Å². The van der Waals surface area contributed by atoms with Gasteiger partial charge in [0.25, 0.3) is 5.69 Å². The van der Waals surface area contributed by atoms with Crippen LogP contribution in [0.25, 0.3) is 11.0 Å². The highest BCUT2D eigenvalue weighted by molar-refractivity contribution is 7.98. The Morgan fingerprint density at radius 1 is 1.18 bits per heavy atom. The maximum Gasteiger partial charge on any atom is 0.338 e. The van der Waals surface area contributed by atoms with Crippen LogP contribution in [0.15, 0.2) is 50.5 Å². The maximum absolute atomic E-state index is 12.4. The molecular formula is C20H17NO6S. The fourth-order valence-electron chi connectivity index (χ4n) is 2.79. The molecule has 144 valence electrons. The van der Waals surface area contributed by atoms with Crippen molar-refractivity contribution in [1.82, 2.24) is 0 Å². The van der Waals surface area contributed by atoms with Gasteiger partial charge >= 0.3 is 11.6 Å². The number of hydrogen-bond donors (Lipinski definition) is 0. The zero-order valence-electron chi connectivity index (χ0n) is 15.5. The summed E-state index contributed by atoms with van der Waals surface area (Å²) >= 11 is 1.22. The summed E-state index contributed by atoms with van der Waals surface area (Å²) in [6.07, 6.45) is 1.72. The summed E-state index contributed by atoms with van der Waals surface area (Å²) in [6, 6.07) is 9.10. The van der Waals surface area contributed by atoms with Crippen molar-refractivity contribution in [3.63, 3.8) is 0 Å². The topological polar surface area (TPSA) is 99.7 Å². The monoisotopic (exact) mass is 399 g/mol. The lowest BCUT2D eigenvalue weighted by Crippen LogP contribution is -2.08. The van der Waals surface area contributed by atoms with E-state index in [1.165, 1.54) is 36.0 Å². The van der Waals surface area contributed by atoms with Gasteiger partial charge in [0, 0.05) is 23.1 Å². The molecule has 1 aromatic heterocycles. The van der Waals surface area contributed by atoms with Gasteiger partial charge in [-0.15, -0.1) is 11.8 Å². The molecule has 0 aliphatic heterocycles. The van der Waals surface area contributed by atoms with Crippen molar-refractivity contribution in [2.24, 2.45) is 0 Å². The molecule has 0 radical (unpaired) electrons. The van der Waals surface area contributed by atoms with E-state index in [1.807, 2.05) is 19.9 Å². The molecular weight excluding hydrogens is 382 g/mol. The summed E-state index contributed by atoms with van der Waals surface area (Å²) in [7, 11) is 0. The molecule has 0 atom stereocenters. The molecule has 0 aliphatic carbocycles. The van der Waals surface area contributed by atoms with E-state index in [2.05, 4.69) is 0 Å². The van der Waals surface area contributed by atoms with Crippen LogP contribution in [0, 0.1) is 24.0 Å². The Labute approximate surface area is 164 Å². The second-order valence-electron chi connectivity index (χ2n) is 6.24. The van der Waals surface area contributed by atoms with Crippen LogP contribution < -0.4 is 5.63 Å². The van der Waals surface area contributed by atoms with E-state index in [0.717, 1.165) is 11.1 Å². The van der Waals surface area contributed by atoms with E-state index in [9.17, 15) is 19.7 Å². The third-order valence-electron chi connectivity index (χ3n) is 4.41. The van der Waals surface area contributed by atoms with Gasteiger partial charge in [-0.1, -0.05) is 0 Å². The number of ether oxygens (including phenoxy) is 1. The first kappa shape index (κ1) is 19.6. The van der Waals surface area contributed by atoms with E-state index >= 15 is 0 Å². The molecule has 28 heavy (non-hydrogen) atoms. The molecule has 0 unspecified atom stereocenters. The summed E-state index contributed by atoms with van der Waals surface area (Å²) in [5, 5.41) is 11.9. The molecule has 0 amide bonds. The zero-order chi connectivity index (χ0) is 20.4. The number of thioether (sulfide) groups is 1. The molecule has 0 N–H and O–H groups in total. The molecule has 0 spiro atoms. The summed E-state index contributed by atoms with van der Waals surface area (Å²) in [4.78, 5) is 35.3. The highest BCUT2D eigenvalue weighted by Crippen LogP contribution is 2.29. The number of benzene rings is 2. The van der Waals surface area contributed by atoms with Crippen LogP contribution in [0.2, 0.25) is 0 Å². The van der Waals surface area contributed by atoms with Gasteiger partial charge in [-0.05, 0) is 55.5 Å². The number of hydrogen-bond acceptors (Lipinski definition) is 7. The summed E-state index contributed by atoms with van der Waals surface area (Å²) in [5.41, 5.74) is 2.30. The average Bonchev–Trinajstić information content (AvgIpc) is 2.66. The van der Waals surface area contributed by atoms with Crippen LogP contribution in [0.1, 0.15) is 27.0 Å². The largest absolute Gasteiger partial charge is 0.457 e. The van der Waals surface area contributed by atoms with Gasteiger partial charge in [-0.25, -0.2) is 9.59 Å². The number of aryl methyl sites for hydroxylation is 2. The van der Waals surface area contributed by atoms with Crippen molar-refractivity contribution in [3.05, 3.63) is 79.2 Å². The maximum atomic E-state index is 12.4. The number of nitrogens with zero attached hydrogens (tertiary/aromatic N) is 1.